The second-order valence-electron chi connectivity index (χ2n) is 8.94. The Labute approximate surface area is 210 Å². The van der Waals surface area contributed by atoms with Crippen LogP contribution in [0.2, 0.25) is 0 Å². The average molecular weight is 489 g/mol. The first kappa shape index (κ1) is 25.0. The number of aryl methyl sites for hydroxylation is 1. The van der Waals surface area contributed by atoms with Gasteiger partial charge in [0.1, 0.15) is 17.3 Å². The first-order valence-electron chi connectivity index (χ1n) is 11.8. The fourth-order valence-corrected chi connectivity index (χ4v) is 4.29. The molecule has 1 heterocycles. The number of carbonyl (C=O) groups excluding carboxylic acids is 2. The van der Waals surface area contributed by atoms with Gasteiger partial charge in [0.05, 0.1) is 23.9 Å². The Bertz CT molecular complexity index is 1330. The molecule has 0 aliphatic carbocycles. The number of rotatable bonds is 7. The van der Waals surface area contributed by atoms with Crippen LogP contribution in [-0.4, -0.2) is 37.5 Å². The molecule has 1 aliphatic heterocycles. The number of para-hydroxylation sites is 2. The number of carbonyl (C=O) groups is 2. The molecule has 1 aliphatic rings. The van der Waals surface area contributed by atoms with E-state index in [1.807, 2.05) is 50.2 Å². The lowest BCUT2D eigenvalue weighted by molar-refractivity contribution is -0.132. The van der Waals surface area contributed by atoms with Gasteiger partial charge in [-0.1, -0.05) is 31.2 Å². The Hall–Kier alpha value is -4.13. The van der Waals surface area contributed by atoms with E-state index in [4.69, 9.17) is 4.74 Å². The lowest BCUT2D eigenvalue weighted by atomic mass is 9.94. The minimum absolute atomic E-state index is 0.0612. The van der Waals surface area contributed by atoms with Crippen molar-refractivity contribution in [1.82, 2.24) is 0 Å². The number of hydrogen-bond donors (Lipinski definition) is 1. The number of ketones is 1. The SMILES string of the molecule is CCCOc1ccccc1N1C(=O)C(=O)/C(=C(\O)c2ccc(F)c(C)c2)C1c1ccc(N(C)C)cc1. The van der Waals surface area contributed by atoms with E-state index >= 15 is 0 Å². The number of aliphatic hydroxyl groups excluding tert-OH is 1. The lowest BCUT2D eigenvalue weighted by Gasteiger charge is -2.27. The van der Waals surface area contributed by atoms with Gasteiger partial charge in [-0.05, 0) is 66.9 Å². The van der Waals surface area contributed by atoms with E-state index in [9.17, 15) is 19.1 Å². The van der Waals surface area contributed by atoms with E-state index in [2.05, 4.69) is 0 Å². The van der Waals surface area contributed by atoms with Crippen LogP contribution in [0.1, 0.15) is 36.1 Å². The second-order valence-corrected chi connectivity index (χ2v) is 8.94. The van der Waals surface area contributed by atoms with Crippen molar-refractivity contribution in [1.29, 1.82) is 0 Å². The van der Waals surface area contributed by atoms with Crippen LogP contribution in [0, 0.1) is 12.7 Å². The van der Waals surface area contributed by atoms with Crippen LogP contribution in [0.4, 0.5) is 15.8 Å². The highest BCUT2D eigenvalue weighted by molar-refractivity contribution is 6.52. The van der Waals surface area contributed by atoms with Crippen LogP contribution in [0.3, 0.4) is 0 Å². The molecule has 4 rings (SSSR count). The molecule has 0 spiro atoms. The Morgan fingerprint density at radius 3 is 2.39 bits per heavy atom. The third-order valence-electron chi connectivity index (χ3n) is 6.19. The number of benzene rings is 3. The summed E-state index contributed by atoms with van der Waals surface area (Å²) < 4.78 is 19.8. The maximum atomic E-state index is 13.9. The number of nitrogens with zero attached hydrogens (tertiary/aromatic N) is 2. The molecular formula is C29H29FN2O4. The Kier molecular flexibility index (Phi) is 7.10. The van der Waals surface area contributed by atoms with Crippen molar-refractivity contribution in [2.75, 3.05) is 30.5 Å². The Morgan fingerprint density at radius 2 is 1.75 bits per heavy atom. The predicted octanol–water partition coefficient (Wildman–Crippen LogP) is 5.62. The molecule has 1 amide bonds. The summed E-state index contributed by atoms with van der Waals surface area (Å²) in [6.07, 6.45) is 0.770. The van der Waals surface area contributed by atoms with Gasteiger partial charge in [0, 0.05) is 25.3 Å². The zero-order valence-electron chi connectivity index (χ0n) is 20.8. The molecule has 1 fully saturated rings. The highest BCUT2D eigenvalue weighted by Crippen LogP contribution is 2.45. The summed E-state index contributed by atoms with van der Waals surface area (Å²) in [6.45, 7) is 3.99. The fourth-order valence-electron chi connectivity index (χ4n) is 4.29. The summed E-state index contributed by atoms with van der Waals surface area (Å²) in [4.78, 5) is 30.2. The van der Waals surface area contributed by atoms with Crippen molar-refractivity contribution >= 4 is 28.8 Å². The van der Waals surface area contributed by atoms with E-state index in [1.165, 1.54) is 23.1 Å². The summed E-state index contributed by atoms with van der Waals surface area (Å²) in [5.74, 6) is -1.91. The van der Waals surface area contributed by atoms with Crippen LogP contribution >= 0.6 is 0 Å². The quantitative estimate of drug-likeness (QED) is 0.266. The van der Waals surface area contributed by atoms with E-state index in [-0.39, 0.29) is 16.9 Å². The van der Waals surface area contributed by atoms with Crippen molar-refractivity contribution in [2.45, 2.75) is 26.3 Å². The molecule has 0 bridgehead atoms. The standard InChI is InChI=1S/C29H29FN2O4/c1-5-16-36-24-9-7-6-8-23(24)32-26(19-10-13-21(14-11-19)31(3)4)25(28(34)29(32)35)27(33)20-12-15-22(30)18(2)17-20/h6-15,17,26,33H,5,16H2,1-4H3/b27-25-. The first-order chi connectivity index (χ1) is 17.2. The smallest absolute Gasteiger partial charge is 0.300 e. The summed E-state index contributed by atoms with van der Waals surface area (Å²) >= 11 is 0. The highest BCUT2D eigenvalue weighted by Gasteiger charge is 2.47. The molecular weight excluding hydrogens is 459 g/mol. The van der Waals surface area contributed by atoms with Crippen molar-refractivity contribution in [2.24, 2.45) is 0 Å². The molecule has 186 valence electrons. The normalized spacial score (nSPS) is 16.9. The van der Waals surface area contributed by atoms with E-state index < -0.39 is 23.5 Å². The number of hydrogen-bond acceptors (Lipinski definition) is 5. The summed E-state index contributed by atoms with van der Waals surface area (Å²) in [5.41, 5.74) is 2.54. The van der Waals surface area contributed by atoms with Crippen molar-refractivity contribution in [3.05, 3.63) is 94.8 Å². The fraction of sp³-hybridized carbons (Fsp3) is 0.241. The van der Waals surface area contributed by atoms with Gasteiger partial charge >= 0.3 is 0 Å². The van der Waals surface area contributed by atoms with E-state index in [1.54, 1.807) is 31.2 Å². The van der Waals surface area contributed by atoms with Gasteiger partial charge in [0.2, 0.25) is 0 Å². The average Bonchev–Trinajstić information content (AvgIpc) is 3.14. The third kappa shape index (κ3) is 4.56. The van der Waals surface area contributed by atoms with E-state index in [0.717, 1.165) is 12.1 Å². The maximum Gasteiger partial charge on any atom is 0.300 e. The van der Waals surface area contributed by atoms with Gasteiger partial charge in [-0.3, -0.25) is 14.5 Å². The van der Waals surface area contributed by atoms with Gasteiger partial charge in [-0.25, -0.2) is 4.39 Å². The molecule has 0 aromatic heterocycles. The number of Topliss-reactive ketones (excluding diaryl/α,β-unsaturated/α-hetero) is 1. The number of ether oxygens (including phenoxy) is 1. The van der Waals surface area contributed by atoms with Gasteiger partial charge < -0.3 is 14.7 Å². The van der Waals surface area contributed by atoms with Crippen LogP contribution < -0.4 is 14.5 Å². The zero-order valence-corrected chi connectivity index (χ0v) is 20.8. The number of amides is 1. The van der Waals surface area contributed by atoms with Crippen molar-refractivity contribution in [3.8, 4) is 5.75 Å². The monoisotopic (exact) mass is 488 g/mol. The zero-order chi connectivity index (χ0) is 26.0. The van der Waals surface area contributed by atoms with Crippen molar-refractivity contribution in [3.63, 3.8) is 0 Å². The molecule has 7 heteroatoms. The summed E-state index contributed by atoms with van der Waals surface area (Å²) in [5, 5.41) is 11.3. The molecule has 36 heavy (non-hydrogen) atoms. The van der Waals surface area contributed by atoms with Crippen LogP contribution in [0.15, 0.2) is 72.3 Å². The molecule has 1 atom stereocenters. The molecule has 1 unspecified atom stereocenters. The molecule has 1 saturated heterocycles. The molecule has 0 saturated carbocycles. The number of anilines is 2. The second kappa shape index (κ2) is 10.2. The topological polar surface area (TPSA) is 70.1 Å². The van der Waals surface area contributed by atoms with Gasteiger partial charge in [0.25, 0.3) is 11.7 Å². The third-order valence-corrected chi connectivity index (χ3v) is 6.19. The number of halogens is 1. The Morgan fingerprint density at radius 1 is 1.06 bits per heavy atom. The predicted molar refractivity (Wildman–Crippen MR) is 139 cm³/mol. The van der Waals surface area contributed by atoms with Crippen LogP contribution in [0.5, 0.6) is 5.75 Å². The van der Waals surface area contributed by atoms with Crippen molar-refractivity contribution < 1.29 is 23.8 Å². The molecule has 3 aromatic rings. The highest BCUT2D eigenvalue weighted by atomic mass is 19.1. The number of aliphatic hydroxyl groups is 1. The maximum absolute atomic E-state index is 13.9. The molecule has 1 N–H and O–H groups in total. The molecule has 0 radical (unpaired) electrons. The van der Waals surface area contributed by atoms with Gasteiger partial charge in [-0.2, -0.15) is 0 Å². The molecule has 6 nitrogen and oxygen atoms in total. The largest absolute Gasteiger partial charge is 0.507 e. The van der Waals surface area contributed by atoms with Crippen LogP contribution in [-0.2, 0) is 9.59 Å². The molecule has 3 aromatic carbocycles. The minimum Gasteiger partial charge on any atom is -0.507 e. The first-order valence-corrected chi connectivity index (χ1v) is 11.8. The van der Waals surface area contributed by atoms with Gasteiger partial charge in [0.15, 0.2) is 0 Å². The lowest BCUT2D eigenvalue weighted by Crippen LogP contribution is -2.30. The van der Waals surface area contributed by atoms with E-state index in [0.29, 0.717) is 29.2 Å². The Balaban J connectivity index is 1.94. The summed E-state index contributed by atoms with van der Waals surface area (Å²) in [6, 6.07) is 17.7. The van der Waals surface area contributed by atoms with Crippen LogP contribution in [0.25, 0.3) is 5.76 Å². The van der Waals surface area contributed by atoms with Gasteiger partial charge in [-0.15, -0.1) is 0 Å². The minimum atomic E-state index is -0.905. The summed E-state index contributed by atoms with van der Waals surface area (Å²) in [7, 11) is 3.83.